The van der Waals surface area contributed by atoms with Crippen molar-refractivity contribution in [2.75, 3.05) is 31.6 Å². The molecule has 1 aliphatic heterocycles. The molecule has 1 aliphatic carbocycles. The Hall–Kier alpha value is -1.75. The number of hydrogen-bond acceptors (Lipinski definition) is 4. The average molecular weight is 317 g/mol. The van der Waals surface area contributed by atoms with E-state index < -0.39 is 0 Å². The van der Waals surface area contributed by atoms with Crippen LogP contribution in [0.3, 0.4) is 0 Å². The molecule has 23 heavy (non-hydrogen) atoms. The van der Waals surface area contributed by atoms with Crippen LogP contribution in [0.4, 0.5) is 5.69 Å². The predicted molar refractivity (Wildman–Crippen MR) is 91.6 cm³/mol. The Labute approximate surface area is 138 Å². The van der Waals surface area contributed by atoms with Gasteiger partial charge in [0.25, 0.3) is 0 Å². The van der Waals surface area contributed by atoms with E-state index in [2.05, 4.69) is 16.3 Å². The number of carbonyl (C=O) groups is 1. The first-order valence-corrected chi connectivity index (χ1v) is 8.58. The zero-order valence-corrected chi connectivity index (χ0v) is 13.8. The van der Waals surface area contributed by atoms with E-state index in [4.69, 9.17) is 10.5 Å². The van der Waals surface area contributed by atoms with Gasteiger partial charge in [0, 0.05) is 31.6 Å². The second kappa shape index (κ2) is 7.21. The van der Waals surface area contributed by atoms with Crippen LogP contribution in [-0.4, -0.2) is 38.7 Å². The van der Waals surface area contributed by atoms with Gasteiger partial charge in [-0.05, 0) is 43.7 Å². The predicted octanol–water partition coefficient (Wildman–Crippen LogP) is 1.77. The standard InChI is InChI=1S/C18H27N3O2/c1-23-17-5-3-2-4-16(17)21-9-8-13(12-21)11-20-18(22)14-6-7-15(19)10-14/h2-5,13-15H,6-12,19H2,1H3,(H,20,22). The number of methoxy groups -OCH3 is 1. The maximum Gasteiger partial charge on any atom is 0.223 e. The fourth-order valence-corrected chi connectivity index (χ4v) is 3.75. The van der Waals surface area contributed by atoms with Crippen LogP contribution in [0.5, 0.6) is 5.75 Å². The molecule has 0 bridgehead atoms. The lowest BCUT2D eigenvalue weighted by atomic mass is 10.1. The van der Waals surface area contributed by atoms with E-state index >= 15 is 0 Å². The van der Waals surface area contributed by atoms with Crippen molar-refractivity contribution in [2.24, 2.45) is 17.6 Å². The quantitative estimate of drug-likeness (QED) is 0.868. The summed E-state index contributed by atoms with van der Waals surface area (Å²) in [7, 11) is 1.71. The SMILES string of the molecule is COc1ccccc1N1CCC(CNC(=O)C2CCC(N)C2)C1. The van der Waals surface area contributed by atoms with Crippen LogP contribution in [-0.2, 0) is 4.79 Å². The van der Waals surface area contributed by atoms with Crippen LogP contribution >= 0.6 is 0 Å². The van der Waals surface area contributed by atoms with Crippen molar-refractivity contribution >= 4 is 11.6 Å². The number of nitrogens with one attached hydrogen (secondary N) is 1. The number of hydrogen-bond donors (Lipinski definition) is 2. The number of amides is 1. The molecule has 0 spiro atoms. The van der Waals surface area contributed by atoms with Gasteiger partial charge in [-0.1, -0.05) is 12.1 Å². The minimum Gasteiger partial charge on any atom is -0.495 e. The summed E-state index contributed by atoms with van der Waals surface area (Å²) in [6.45, 7) is 2.73. The number of nitrogens with zero attached hydrogens (tertiary/aromatic N) is 1. The molecular weight excluding hydrogens is 290 g/mol. The minimum absolute atomic E-state index is 0.122. The fourth-order valence-electron chi connectivity index (χ4n) is 3.75. The van der Waals surface area contributed by atoms with Crippen molar-refractivity contribution in [3.63, 3.8) is 0 Å². The smallest absolute Gasteiger partial charge is 0.223 e. The molecular formula is C18H27N3O2. The highest BCUT2D eigenvalue weighted by atomic mass is 16.5. The van der Waals surface area contributed by atoms with Gasteiger partial charge in [-0.25, -0.2) is 0 Å². The van der Waals surface area contributed by atoms with Crippen LogP contribution in [0.15, 0.2) is 24.3 Å². The molecule has 1 saturated heterocycles. The molecule has 3 unspecified atom stereocenters. The zero-order chi connectivity index (χ0) is 16.2. The molecule has 1 saturated carbocycles. The van der Waals surface area contributed by atoms with Crippen molar-refractivity contribution in [3.8, 4) is 5.75 Å². The number of nitrogens with two attached hydrogens (primary N) is 1. The summed E-state index contributed by atoms with van der Waals surface area (Å²) in [6, 6.07) is 8.32. The lowest BCUT2D eigenvalue weighted by molar-refractivity contribution is -0.125. The van der Waals surface area contributed by atoms with Crippen molar-refractivity contribution in [3.05, 3.63) is 24.3 Å². The molecule has 3 rings (SSSR count). The number of para-hydroxylation sites is 2. The molecule has 0 aromatic heterocycles. The lowest BCUT2D eigenvalue weighted by Gasteiger charge is -2.21. The number of benzene rings is 1. The summed E-state index contributed by atoms with van der Waals surface area (Å²) in [6.07, 6.45) is 3.85. The van der Waals surface area contributed by atoms with Crippen molar-refractivity contribution in [1.29, 1.82) is 0 Å². The first kappa shape index (κ1) is 16.1. The second-order valence-electron chi connectivity index (χ2n) is 6.79. The lowest BCUT2D eigenvalue weighted by Crippen LogP contribution is -2.35. The Balaban J connectivity index is 1.49. The highest BCUT2D eigenvalue weighted by Gasteiger charge is 2.29. The number of ether oxygens (including phenoxy) is 1. The Morgan fingerprint density at radius 2 is 2.17 bits per heavy atom. The largest absolute Gasteiger partial charge is 0.495 e. The summed E-state index contributed by atoms with van der Waals surface area (Å²) in [5, 5.41) is 3.14. The van der Waals surface area contributed by atoms with Crippen LogP contribution in [0.2, 0.25) is 0 Å². The monoisotopic (exact) mass is 317 g/mol. The first-order chi connectivity index (χ1) is 11.2. The van der Waals surface area contributed by atoms with Gasteiger partial charge in [0.2, 0.25) is 5.91 Å². The molecule has 1 heterocycles. The van der Waals surface area contributed by atoms with Gasteiger partial charge < -0.3 is 20.7 Å². The second-order valence-corrected chi connectivity index (χ2v) is 6.79. The number of rotatable bonds is 5. The highest BCUT2D eigenvalue weighted by Crippen LogP contribution is 2.32. The fraction of sp³-hybridized carbons (Fsp3) is 0.611. The third-order valence-corrected chi connectivity index (χ3v) is 5.12. The topological polar surface area (TPSA) is 67.6 Å². The van der Waals surface area contributed by atoms with Crippen LogP contribution < -0.4 is 20.7 Å². The molecule has 3 N–H and O–H groups in total. The third kappa shape index (κ3) is 3.78. The van der Waals surface area contributed by atoms with E-state index in [1.165, 1.54) is 0 Å². The van der Waals surface area contributed by atoms with Crippen LogP contribution in [0.1, 0.15) is 25.7 Å². The van der Waals surface area contributed by atoms with Gasteiger partial charge in [0.15, 0.2) is 0 Å². The molecule has 1 amide bonds. The maximum absolute atomic E-state index is 12.2. The summed E-state index contributed by atoms with van der Waals surface area (Å²) < 4.78 is 5.45. The molecule has 5 nitrogen and oxygen atoms in total. The molecule has 3 atom stereocenters. The number of carbonyl (C=O) groups excluding carboxylic acids is 1. The van der Waals surface area contributed by atoms with Gasteiger partial charge in [0.05, 0.1) is 12.8 Å². The Kier molecular flexibility index (Phi) is 5.06. The van der Waals surface area contributed by atoms with E-state index in [1.54, 1.807) is 7.11 Å². The first-order valence-electron chi connectivity index (χ1n) is 8.58. The molecule has 1 aromatic carbocycles. The summed E-state index contributed by atoms with van der Waals surface area (Å²) in [5.41, 5.74) is 7.04. The number of anilines is 1. The molecule has 126 valence electrons. The molecule has 2 aliphatic rings. The van der Waals surface area contributed by atoms with Crippen molar-refractivity contribution < 1.29 is 9.53 Å². The van der Waals surface area contributed by atoms with Gasteiger partial charge >= 0.3 is 0 Å². The van der Waals surface area contributed by atoms with Crippen LogP contribution in [0.25, 0.3) is 0 Å². The van der Waals surface area contributed by atoms with E-state index in [1.807, 2.05) is 18.2 Å². The maximum atomic E-state index is 12.2. The van der Waals surface area contributed by atoms with E-state index in [0.717, 1.165) is 56.8 Å². The summed E-state index contributed by atoms with van der Waals surface area (Å²) in [5.74, 6) is 1.72. The average Bonchev–Trinajstić information content (AvgIpc) is 3.21. The van der Waals surface area contributed by atoms with Gasteiger partial charge in [-0.15, -0.1) is 0 Å². The third-order valence-electron chi connectivity index (χ3n) is 5.12. The Morgan fingerprint density at radius 1 is 1.35 bits per heavy atom. The molecule has 0 radical (unpaired) electrons. The Morgan fingerprint density at radius 3 is 2.91 bits per heavy atom. The minimum atomic E-state index is 0.122. The van der Waals surface area contributed by atoms with Crippen molar-refractivity contribution in [1.82, 2.24) is 5.32 Å². The Bertz CT molecular complexity index is 549. The zero-order valence-electron chi connectivity index (χ0n) is 13.8. The normalized spacial score (nSPS) is 27.2. The van der Waals surface area contributed by atoms with Gasteiger partial charge in [-0.2, -0.15) is 0 Å². The van der Waals surface area contributed by atoms with Crippen LogP contribution in [0, 0.1) is 11.8 Å². The molecule has 5 heteroatoms. The highest BCUT2D eigenvalue weighted by molar-refractivity contribution is 5.79. The summed E-state index contributed by atoms with van der Waals surface area (Å²) in [4.78, 5) is 14.5. The van der Waals surface area contributed by atoms with Crippen molar-refractivity contribution in [2.45, 2.75) is 31.7 Å². The summed E-state index contributed by atoms with van der Waals surface area (Å²) >= 11 is 0. The van der Waals surface area contributed by atoms with E-state index in [9.17, 15) is 4.79 Å². The van der Waals surface area contributed by atoms with E-state index in [0.29, 0.717) is 5.92 Å². The van der Waals surface area contributed by atoms with E-state index in [-0.39, 0.29) is 17.9 Å². The molecule has 2 fully saturated rings. The van der Waals surface area contributed by atoms with Gasteiger partial charge in [-0.3, -0.25) is 4.79 Å². The molecule has 1 aromatic rings. The van der Waals surface area contributed by atoms with Gasteiger partial charge in [0.1, 0.15) is 5.75 Å².